The first kappa shape index (κ1) is 24.7. The second-order valence-electron chi connectivity index (χ2n) is 8.01. The van der Waals surface area contributed by atoms with Gasteiger partial charge in [-0.3, -0.25) is 14.9 Å². The largest absolute Gasteiger partial charge is 0.488 e. The predicted molar refractivity (Wildman–Crippen MR) is 148 cm³/mol. The molecule has 0 saturated heterocycles. The highest BCUT2D eigenvalue weighted by Gasteiger charge is 2.14. The van der Waals surface area contributed by atoms with Crippen molar-refractivity contribution < 1.29 is 14.5 Å². The number of hydrogen-bond donors (Lipinski definition) is 1. The minimum absolute atomic E-state index is 0.0290. The number of ether oxygens (including phenoxy) is 1. The van der Waals surface area contributed by atoms with Gasteiger partial charge in [0.1, 0.15) is 12.4 Å². The molecule has 0 fully saturated rings. The van der Waals surface area contributed by atoms with Crippen LogP contribution >= 0.6 is 34.5 Å². The zero-order valence-electron chi connectivity index (χ0n) is 19.0. The third-order valence-electron chi connectivity index (χ3n) is 5.62. The summed E-state index contributed by atoms with van der Waals surface area (Å²) >= 11 is 13.5. The quantitative estimate of drug-likeness (QED) is 0.128. The number of fused-ring (bicyclic) bond motifs is 2. The number of nitro benzene ring substituents is 1. The number of halogens is 2. The van der Waals surface area contributed by atoms with Crippen molar-refractivity contribution in [1.29, 1.82) is 0 Å². The first-order valence-corrected chi connectivity index (χ1v) is 12.6. The van der Waals surface area contributed by atoms with Crippen molar-refractivity contribution in [3.05, 3.63) is 115 Å². The van der Waals surface area contributed by atoms with Gasteiger partial charge in [0.05, 0.1) is 16.0 Å². The molecule has 7 nitrogen and oxygen atoms in total. The summed E-state index contributed by atoms with van der Waals surface area (Å²) in [5, 5.41) is 18.8. The van der Waals surface area contributed by atoms with Crippen LogP contribution in [0.5, 0.6) is 5.75 Å². The summed E-state index contributed by atoms with van der Waals surface area (Å²) in [6.07, 6.45) is 1.54. The molecule has 37 heavy (non-hydrogen) atoms. The molecule has 184 valence electrons. The Hall–Kier alpha value is -3.98. The van der Waals surface area contributed by atoms with E-state index in [1.807, 2.05) is 36.4 Å². The summed E-state index contributed by atoms with van der Waals surface area (Å²) < 4.78 is 6.85. The van der Waals surface area contributed by atoms with E-state index in [4.69, 9.17) is 27.9 Å². The van der Waals surface area contributed by atoms with Gasteiger partial charge in [-0.1, -0.05) is 59.6 Å². The van der Waals surface area contributed by atoms with Gasteiger partial charge in [0.15, 0.2) is 0 Å². The van der Waals surface area contributed by atoms with Crippen LogP contribution in [-0.4, -0.2) is 17.0 Å². The van der Waals surface area contributed by atoms with Gasteiger partial charge in [0, 0.05) is 43.4 Å². The zero-order valence-corrected chi connectivity index (χ0v) is 21.3. The lowest BCUT2D eigenvalue weighted by molar-refractivity contribution is -0.384. The summed E-state index contributed by atoms with van der Waals surface area (Å²) in [5.41, 5.74) is 3.98. The van der Waals surface area contributed by atoms with Crippen molar-refractivity contribution in [1.82, 2.24) is 5.43 Å². The van der Waals surface area contributed by atoms with E-state index >= 15 is 0 Å². The normalized spacial score (nSPS) is 11.3. The molecule has 0 radical (unpaired) electrons. The molecule has 1 heterocycles. The first-order valence-electron chi connectivity index (χ1n) is 11.0. The number of hydrogen-bond acceptors (Lipinski definition) is 6. The van der Waals surface area contributed by atoms with Gasteiger partial charge < -0.3 is 4.74 Å². The number of rotatable bonds is 7. The highest BCUT2D eigenvalue weighted by atomic mass is 35.5. The number of nitrogens with zero attached hydrogens (tertiary/aromatic N) is 2. The molecule has 4 aromatic carbocycles. The average molecular weight is 550 g/mol. The molecule has 0 aliphatic heterocycles. The van der Waals surface area contributed by atoms with Crippen molar-refractivity contribution in [2.24, 2.45) is 5.10 Å². The Labute approximate surface area is 225 Å². The molecule has 0 aliphatic carbocycles. The monoisotopic (exact) mass is 549 g/mol. The SMILES string of the molecule is O=C(N/N=C\c1c(OCc2ccc(Cl)cc2Cl)ccc2ccccc12)c1cc2cc([N+](=O)[O-])ccc2s1. The summed E-state index contributed by atoms with van der Waals surface area (Å²) in [7, 11) is 0. The topological polar surface area (TPSA) is 93.8 Å². The lowest BCUT2D eigenvalue weighted by atomic mass is 10.0. The van der Waals surface area contributed by atoms with Gasteiger partial charge in [-0.25, -0.2) is 5.43 Å². The van der Waals surface area contributed by atoms with Crippen LogP contribution in [0.3, 0.4) is 0 Å². The van der Waals surface area contributed by atoms with E-state index in [-0.39, 0.29) is 12.3 Å². The number of nitrogens with one attached hydrogen (secondary N) is 1. The van der Waals surface area contributed by atoms with Gasteiger partial charge >= 0.3 is 0 Å². The van der Waals surface area contributed by atoms with Crippen LogP contribution < -0.4 is 10.2 Å². The number of non-ortho nitro benzene ring substituents is 1. The van der Waals surface area contributed by atoms with Gasteiger partial charge in [-0.15, -0.1) is 11.3 Å². The van der Waals surface area contributed by atoms with E-state index in [0.29, 0.717) is 31.6 Å². The Balaban J connectivity index is 1.39. The Morgan fingerprint density at radius 2 is 1.86 bits per heavy atom. The lowest BCUT2D eigenvalue weighted by Gasteiger charge is -2.13. The van der Waals surface area contributed by atoms with E-state index in [1.165, 1.54) is 29.7 Å². The third-order valence-corrected chi connectivity index (χ3v) is 7.33. The number of amides is 1. The summed E-state index contributed by atoms with van der Waals surface area (Å²) in [4.78, 5) is 23.7. The van der Waals surface area contributed by atoms with Gasteiger partial charge in [-0.2, -0.15) is 5.10 Å². The summed E-state index contributed by atoms with van der Waals surface area (Å²) in [6.45, 7) is 0.218. The molecule has 0 saturated carbocycles. The van der Waals surface area contributed by atoms with Crippen molar-refractivity contribution in [3.63, 3.8) is 0 Å². The van der Waals surface area contributed by atoms with Gasteiger partial charge in [-0.05, 0) is 41.1 Å². The van der Waals surface area contributed by atoms with Crippen LogP contribution in [0.1, 0.15) is 20.8 Å². The minimum Gasteiger partial charge on any atom is -0.488 e. The molecule has 1 N–H and O–H groups in total. The number of carbonyl (C=O) groups excluding carboxylic acids is 1. The molecular weight excluding hydrogens is 533 g/mol. The van der Waals surface area contributed by atoms with E-state index in [2.05, 4.69) is 10.5 Å². The zero-order chi connectivity index (χ0) is 25.9. The first-order chi connectivity index (χ1) is 17.9. The summed E-state index contributed by atoms with van der Waals surface area (Å²) in [6, 6.07) is 22.9. The van der Waals surface area contributed by atoms with Crippen molar-refractivity contribution in [3.8, 4) is 5.75 Å². The molecule has 1 aromatic heterocycles. The molecule has 0 aliphatic rings. The predicted octanol–water partition coefficient (Wildman–Crippen LogP) is 7.61. The van der Waals surface area contributed by atoms with E-state index < -0.39 is 10.8 Å². The van der Waals surface area contributed by atoms with E-state index in [1.54, 1.807) is 30.3 Å². The molecule has 0 atom stereocenters. The van der Waals surface area contributed by atoms with Gasteiger partial charge in [0.2, 0.25) is 0 Å². The second kappa shape index (κ2) is 10.6. The minimum atomic E-state index is -0.466. The highest BCUT2D eigenvalue weighted by Crippen LogP contribution is 2.30. The van der Waals surface area contributed by atoms with Crippen molar-refractivity contribution >= 4 is 73.2 Å². The smallest absolute Gasteiger partial charge is 0.281 e. The van der Waals surface area contributed by atoms with Crippen molar-refractivity contribution in [2.75, 3.05) is 0 Å². The number of benzene rings is 4. The maximum atomic E-state index is 12.7. The fraction of sp³-hybridized carbons (Fsp3) is 0.0370. The van der Waals surface area contributed by atoms with Crippen molar-refractivity contribution in [2.45, 2.75) is 6.61 Å². The van der Waals surface area contributed by atoms with Crippen LogP contribution in [0, 0.1) is 10.1 Å². The Morgan fingerprint density at radius 3 is 2.68 bits per heavy atom. The number of hydrazone groups is 1. The second-order valence-corrected chi connectivity index (χ2v) is 9.94. The Kier molecular flexibility index (Phi) is 7.05. The van der Waals surface area contributed by atoms with Crippen LogP contribution in [0.15, 0.2) is 84.0 Å². The van der Waals surface area contributed by atoms with E-state index in [9.17, 15) is 14.9 Å². The van der Waals surface area contributed by atoms with Crippen LogP contribution in [0.25, 0.3) is 20.9 Å². The molecule has 5 aromatic rings. The standard InChI is InChI=1S/C27H17Cl2N3O4S/c28-19-7-5-17(23(29)13-19)15-36-24-9-6-16-3-1-2-4-21(16)22(24)14-30-31-27(33)26-12-18-11-20(32(34)35)8-10-25(18)37-26/h1-14H,15H2,(H,31,33)/b30-14-. The maximum Gasteiger partial charge on any atom is 0.281 e. The third kappa shape index (κ3) is 5.41. The molecule has 1 amide bonds. The molecule has 10 heteroatoms. The molecule has 0 bridgehead atoms. The molecule has 0 unspecified atom stereocenters. The number of carbonyl (C=O) groups is 1. The maximum absolute atomic E-state index is 12.7. The molecule has 0 spiro atoms. The summed E-state index contributed by atoms with van der Waals surface area (Å²) in [5.74, 6) is 0.146. The van der Waals surface area contributed by atoms with Gasteiger partial charge in [0.25, 0.3) is 11.6 Å². The molecule has 5 rings (SSSR count). The fourth-order valence-electron chi connectivity index (χ4n) is 3.80. The van der Waals surface area contributed by atoms with Crippen LogP contribution in [0.4, 0.5) is 5.69 Å². The fourth-order valence-corrected chi connectivity index (χ4v) is 5.19. The highest BCUT2D eigenvalue weighted by molar-refractivity contribution is 7.20. The number of nitro groups is 1. The van der Waals surface area contributed by atoms with E-state index in [0.717, 1.165) is 21.0 Å². The molecular formula is C27H17Cl2N3O4S. The van der Waals surface area contributed by atoms with Crippen LogP contribution in [-0.2, 0) is 6.61 Å². The van der Waals surface area contributed by atoms with Crippen LogP contribution in [0.2, 0.25) is 10.0 Å². The average Bonchev–Trinajstić information content (AvgIpc) is 3.32. The Morgan fingerprint density at radius 1 is 1.03 bits per heavy atom. The Bertz CT molecular complexity index is 1700. The lowest BCUT2D eigenvalue weighted by Crippen LogP contribution is -2.16. The number of thiophene rings is 1.